The van der Waals surface area contributed by atoms with E-state index in [0.29, 0.717) is 40.6 Å². The van der Waals surface area contributed by atoms with Crippen molar-refractivity contribution in [2.75, 3.05) is 12.6 Å². The van der Waals surface area contributed by atoms with E-state index in [9.17, 15) is 4.39 Å². The number of rotatable bonds is 7. The monoisotopic (exact) mass is 430 g/mol. The molecule has 0 aliphatic carbocycles. The van der Waals surface area contributed by atoms with Gasteiger partial charge in [0.25, 0.3) is 0 Å². The molecule has 1 aromatic heterocycles. The van der Waals surface area contributed by atoms with Gasteiger partial charge in [-0.05, 0) is 35.7 Å². The van der Waals surface area contributed by atoms with Gasteiger partial charge in [-0.25, -0.2) is 9.07 Å². The quantitative estimate of drug-likeness (QED) is 0.448. The Morgan fingerprint density at radius 1 is 1.23 bits per heavy atom. The zero-order valence-electron chi connectivity index (χ0n) is 16.8. The number of nitrogen functional groups attached to an aromatic ring is 1. The third kappa shape index (κ3) is 4.52. The molecule has 9 heteroatoms. The number of hydrogen-bond donors (Lipinski definition) is 1. The number of halogens is 1. The molecule has 30 heavy (non-hydrogen) atoms. The summed E-state index contributed by atoms with van der Waals surface area (Å²) < 4.78 is 31.8. The summed E-state index contributed by atoms with van der Waals surface area (Å²) in [6.07, 6.45) is 0. The Balaban J connectivity index is 1.40. The number of thioether (sulfide) groups is 1. The maximum absolute atomic E-state index is 13.9. The third-order valence-electron chi connectivity index (χ3n) is 4.76. The molecule has 0 fully saturated rings. The highest BCUT2D eigenvalue weighted by atomic mass is 32.2. The van der Waals surface area contributed by atoms with Crippen molar-refractivity contribution < 1.29 is 18.6 Å². The minimum absolute atomic E-state index is 0.156. The van der Waals surface area contributed by atoms with E-state index in [-0.39, 0.29) is 19.2 Å². The molecule has 0 saturated carbocycles. The largest absolute Gasteiger partial charge is 0.486 e. The third-order valence-corrected chi connectivity index (χ3v) is 5.75. The molecular formula is C21H23FN4O3S. The Morgan fingerprint density at radius 3 is 2.80 bits per heavy atom. The average molecular weight is 431 g/mol. The highest BCUT2D eigenvalue weighted by Gasteiger charge is 2.18. The van der Waals surface area contributed by atoms with Crippen molar-refractivity contribution in [2.45, 2.75) is 43.9 Å². The molecule has 3 aromatic rings. The first-order valence-corrected chi connectivity index (χ1v) is 10.6. The van der Waals surface area contributed by atoms with E-state index in [1.165, 1.54) is 34.1 Å². The van der Waals surface area contributed by atoms with Gasteiger partial charge in [0.15, 0.2) is 12.6 Å². The second-order valence-corrected chi connectivity index (χ2v) is 8.18. The predicted octanol–water partition coefficient (Wildman–Crippen LogP) is 3.99. The summed E-state index contributed by atoms with van der Waals surface area (Å²) in [6.45, 7) is 4.97. The maximum Gasteiger partial charge on any atom is 0.210 e. The first kappa shape index (κ1) is 20.5. The van der Waals surface area contributed by atoms with E-state index >= 15 is 0 Å². The van der Waals surface area contributed by atoms with E-state index < -0.39 is 0 Å². The van der Waals surface area contributed by atoms with Crippen LogP contribution in [0.5, 0.6) is 11.5 Å². The van der Waals surface area contributed by atoms with Crippen LogP contribution in [0.25, 0.3) is 0 Å². The Bertz CT molecular complexity index is 1020. The molecule has 0 unspecified atom stereocenters. The molecule has 0 radical (unpaired) electrons. The molecule has 0 saturated heterocycles. The van der Waals surface area contributed by atoms with Gasteiger partial charge in [-0.3, -0.25) is 0 Å². The summed E-state index contributed by atoms with van der Waals surface area (Å²) in [7, 11) is 0. The molecule has 0 atom stereocenters. The van der Waals surface area contributed by atoms with E-state index in [2.05, 4.69) is 24.0 Å². The predicted molar refractivity (Wildman–Crippen MR) is 111 cm³/mol. The Kier molecular flexibility index (Phi) is 6.10. The number of aromatic nitrogens is 3. The molecule has 1 aliphatic heterocycles. The molecule has 0 amide bonds. The lowest BCUT2D eigenvalue weighted by Crippen LogP contribution is -2.16. The SMILES string of the molecule is CC(C)c1ccc(OCc2nnc(SCc3cc(F)cc4c3OCOC4)n2N)cc1. The summed E-state index contributed by atoms with van der Waals surface area (Å²) in [4.78, 5) is 0. The standard InChI is InChI=1S/C21H23FN4O3S/c1-13(2)14-3-5-18(6-4-14)28-10-19-24-25-21(26(19)23)30-11-16-8-17(22)7-15-9-27-12-29-20(15)16/h3-8,13H,9-12,23H2,1-2H3. The smallest absolute Gasteiger partial charge is 0.210 e. The van der Waals surface area contributed by atoms with Gasteiger partial charge in [-0.2, -0.15) is 0 Å². The van der Waals surface area contributed by atoms with Gasteiger partial charge in [0.1, 0.15) is 23.9 Å². The summed E-state index contributed by atoms with van der Waals surface area (Å²) in [5.74, 6) is 8.60. The number of nitrogens with two attached hydrogens (primary N) is 1. The summed E-state index contributed by atoms with van der Waals surface area (Å²) in [6, 6.07) is 10.8. The number of fused-ring (bicyclic) bond motifs is 1. The van der Waals surface area contributed by atoms with Crippen LogP contribution in [0.15, 0.2) is 41.6 Å². The van der Waals surface area contributed by atoms with Crippen LogP contribution in [0.4, 0.5) is 4.39 Å². The average Bonchev–Trinajstić information content (AvgIpc) is 3.10. The highest BCUT2D eigenvalue weighted by molar-refractivity contribution is 7.98. The van der Waals surface area contributed by atoms with Gasteiger partial charge in [0.05, 0.1) is 6.61 Å². The fraction of sp³-hybridized carbons (Fsp3) is 0.333. The maximum atomic E-state index is 13.9. The molecule has 2 N–H and O–H groups in total. The molecule has 2 aromatic carbocycles. The zero-order valence-corrected chi connectivity index (χ0v) is 17.6. The second-order valence-electron chi connectivity index (χ2n) is 7.23. The van der Waals surface area contributed by atoms with E-state index in [1.54, 1.807) is 0 Å². The minimum Gasteiger partial charge on any atom is -0.486 e. The van der Waals surface area contributed by atoms with E-state index in [0.717, 1.165) is 11.3 Å². The van der Waals surface area contributed by atoms with Crippen LogP contribution in [-0.2, 0) is 23.7 Å². The van der Waals surface area contributed by atoms with Crippen molar-refractivity contribution in [1.29, 1.82) is 0 Å². The van der Waals surface area contributed by atoms with E-state index in [1.807, 2.05) is 24.3 Å². The summed E-state index contributed by atoms with van der Waals surface area (Å²) >= 11 is 1.35. The van der Waals surface area contributed by atoms with Crippen molar-refractivity contribution in [3.63, 3.8) is 0 Å². The molecule has 2 heterocycles. The molecule has 7 nitrogen and oxygen atoms in total. The van der Waals surface area contributed by atoms with Gasteiger partial charge >= 0.3 is 0 Å². The van der Waals surface area contributed by atoms with Crippen LogP contribution in [0.2, 0.25) is 0 Å². The Labute approximate surface area is 178 Å². The second kappa shape index (κ2) is 8.93. The lowest BCUT2D eigenvalue weighted by Gasteiger charge is -2.20. The van der Waals surface area contributed by atoms with Gasteiger partial charge < -0.3 is 20.1 Å². The van der Waals surface area contributed by atoms with Crippen molar-refractivity contribution in [3.8, 4) is 11.5 Å². The van der Waals surface area contributed by atoms with Crippen LogP contribution in [0, 0.1) is 5.82 Å². The lowest BCUT2D eigenvalue weighted by atomic mass is 10.0. The topological polar surface area (TPSA) is 84.4 Å². The van der Waals surface area contributed by atoms with E-state index in [4.69, 9.17) is 20.1 Å². The Hall–Kier alpha value is -2.78. The first-order chi connectivity index (χ1) is 14.5. The van der Waals surface area contributed by atoms with Crippen molar-refractivity contribution in [1.82, 2.24) is 14.9 Å². The molecule has 0 spiro atoms. The number of hydrogen-bond acceptors (Lipinski definition) is 7. The number of nitrogens with zero attached hydrogens (tertiary/aromatic N) is 3. The van der Waals surface area contributed by atoms with Crippen LogP contribution >= 0.6 is 11.8 Å². The van der Waals surface area contributed by atoms with Crippen LogP contribution < -0.4 is 15.3 Å². The van der Waals surface area contributed by atoms with Gasteiger partial charge in [0, 0.05) is 16.9 Å². The molecular weight excluding hydrogens is 407 g/mol. The summed E-state index contributed by atoms with van der Waals surface area (Å²) in [5, 5.41) is 8.75. The van der Waals surface area contributed by atoms with Gasteiger partial charge in [-0.1, -0.05) is 37.7 Å². The number of ether oxygens (including phenoxy) is 3. The molecule has 0 bridgehead atoms. The van der Waals surface area contributed by atoms with Crippen LogP contribution in [0.1, 0.15) is 42.3 Å². The first-order valence-electron chi connectivity index (χ1n) is 9.58. The number of benzene rings is 2. The fourth-order valence-corrected chi connectivity index (χ4v) is 3.95. The molecule has 158 valence electrons. The molecule has 4 rings (SSSR count). The summed E-state index contributed by atoms with van der Waals surface area (Å²) in [5.41, 5.74) is 2.67. The van der Waals surface area contributed by atoms with Gasteiger partial charge in [-0.15, -0.1) is 10.2 Å². The fourth-order valence-electron chi connectivity index (χ4n) is 3.11. The van der Waals surface area contributed by atoms with Gasteiger partial charge in [0.2, 0.25) is 5.16 Å². The van der Waals surface area contributed by atoms with Crippen molar-refractivity contribution >= 4 is 11.8 Å². The minimum atomic E-state index is -0.328. The Morgan fingerprint density at radius 2 is 2.03 bits per heavy atom. The van der Waals surface area contributed by atoms with Crippen molar-refractivity contribution in [3.05, 3.63) is 64.7 Å². The lowest BCUT2D eigenvalue weighted by molar-refractivity contribution is -0.0171. The highest BCUT2D eigenvalue weighted by Crippen LogP contribution is 2.33. The normalized spacial score (nSPS) is 13.2. The van der Waals surface area contributed by atoms with Crippen LogP contribution in [0.3, 0.4) is 0 Å². The van der Waals surface area contributed by atoms with Crippen molar-refractivity contribution in [2.24, 2.45) is 0 Å². The molecule has 1 aliphatic rings. The van der Waals surface area contributed by atoms with Crippen LogP contribution in [-0.4, -0.2) is 21.7 Å². The zero-order chi connectivity index (χ0) is 21.1.